The molecule has 0 saturated carbocycles. The van der Waals surface area contributed by atoms with E-state index in [0.29, 0.717) is 30.0 Å². The zero-order valence-electron chi connectivity index (χ0n) is 15.7. The van der Waals surface area contributed by atoms with E-state index in [4.69, 9.17) is 4.74 Å². The van der Waals surface area contributed by atoms with Crippen LogP contribution in [0.4, 0.5) is 11.4 Å². The van der Waals surface area contributed by atoms with Crippen molar-refractivity contribution in [2.45, 2.75) is 24.8 Å². The van der Waals surface area contributed by atoms with Crippen molar-refractivity contribution in [1.29, 1.82) is 0 Å². The minimum Gasteiger partial charge on any atom is -0.495 e. The molecule has 2 aromatic carbocycles. The molecule has 7 heteroatoms. The molecule has 2 aliphatic rings. The number of carbonyl (C=O) groups excluding carboxylic acids is 3. The number of rotatable bonds is 4. The Kier molecular flexibility index (Phi) is 4.30. The summed E-state index contributed by atoms with van der Waals surface area (Å²) in [6.07, 6.45) is 0.371. The van der Waals surface area contributed by atoms with Crippen LogP contribution in [0.25, 0.3) is 0 Å². The summed E-state index contributed by atoms with van der Waals surface area (Å²) in [6, 6.07) is 11.9. The molecular weight excluding hydrogens is 358 g/mol. The van der Waals surface area contributed by atoms with Crippen LogP contribution in [0.2, 0.25) is 0 Å². The summed E-state index contributed by atoms with van der Waals surface area (Å²) >= 11 is 0. The lowest BCUT2D eigenvalue weighted by Gasteiger charge is -2.19. The summed E-state index contributed by atoms with van der Waals surface area (Å²) in [5.74, 6) is -0.158. The summed E-state index contributed by atoms with van der Waals surface area (Å²) in [7, 11) is 1.47. The number of ketones is 1. The van der Waals surface area contributed by atoms with Crippen LogP contribution in [0.1, 0.15) is 29.3 Å². The number of methoxy groups -OCH3 is 1. The minimum absolute atomic E-state index is 0.0893. The third kappa shape index (κ3) is 2.79. The van der Waals surface area contributed by atoms with Crippen molar-refractivity contribution >= 4 is 29.0 Å². The van der Waals surface area contributed by atoms with E-state index in [1.807, 2.05) is 24.3 Å². The van der Waals surface area contributed by atoms with Gasteiger partial charge in [-0.2, -0.15) is 0 Å². The molecule has 2 unspecified atom stereocenters. The van der Waals surface area contributed by atoms with Crippen LogP contribution < -0.4 is 20.7 Å². The number of amides is 2. The fourth-order valence-corrected chi connectivity index (χ4v) is 3.96. The number of hydrogen-bond donors (Lipinski definition) is 3. The molecule has 1 spiro atoms. The molecule has 2 aromatic rings. The first-order chi connectivity index (χ1) is 13.4. The van der Waals surface area contributed by atoms with Crippen molar-refractivity contribution in [2.75, 3.05) is 24.3 Å². The van der Waals surface area contributed by atoms with Crippen LogP contribution in [-0.4, -0.2) is 37.3 Å². The zero-order chi connectivity index (χ0) is 19.9. The van der Waals surface area contributed by atoms with E-state index in [0.717, 1.165) is 11.3 Å². The number of Topliss-reactive ketones (excluding diaryl/α,β-unsaturated/α-hetero) is 1. The van der Waals surface area contributed by atoms with Crippen molar-refractivity contribution in [3.8, 4) is 5.75 Å². The topological polar surface area (TPSA) is 96.5 Å². The second kappa shape index (κ2) is 6.67. The maximum atomic E-state index is 12.8. The number of carbonyl (C=O) groups is 3. The van der Waals surface area contributed by atoms with Crippen LogP contribution in [0.5, 0.6) is 5.75 Å². The molecule has 0 aliphatic carbocycles. The van der Waals surface area contributed by atoms with E-state index >= 15 is 0 Å². The average molecular weight is 379 g/mol. The lowest BCUT2D eigenvalue weighted by molar-refractivity contribution is -0.125. The Hall–Kier alpha value is -3.35. The van der Waals surface area contributed by atoms with E-state index < -0.39 is 11.5 Å². The van der Waals surface area contributed by atoms with Gasteiger partial charge in [-0.15, -0.1) is 0 Å². The van der Waals surface area contributed by atoms with E-state index in [1.54, 1.807) is 18.2 Å². The number of hydrogen-bond acceptors (Lipinski definition) is 5. The maximum absolute atomic E-state index is 12.8. The van der Waals surface area contributed by atoms with Crippen LogP contribution in [-0.2, 0) is 15.0 Å². The number of fused-ring (bicyclic) bond motifs is 2. The van der Waals surface area contributed by atoms with Crippen molar-refractivity contribution in [2.24, 2.45) is 0 Å². The molecule has 2 amide bonds. The molecule has 1 saturated heterocycles. The highest BCUT2D eigenvalue weighted by Crippen LogP contribution is 2.43. The highest BCUT2D eigenvalue weighted by atomic mass is 16.5. The lowest BCUT2D eigenvalue weighted by atomic mass is 9.79. The van der Waals surface area contributed by atoms with E-state index in [9.17, 15) is 14.4 Å². The Balaban J connectivity index is 1.55. The molecule has 144 valence electrons. The number of nitrogens with one attached hydrogen (secondary N) is 3. The molecule has 2 aliphatic heterocycles. The smallest absolute Gasteiger partial charge is 0.247 e. The van der Waals surface area contributed by atoms with E-state index in [2.05, 4.69) is 16.0 Å². The Bertz CT molecular complexity index is 987. The molecule has 0 aromatic heterocycles. The van der Waals surface area contributed by atoms with Gasteiger partial charge in [0.1, 0.15) is 11.8 Å². The largest absolute Gasteiger partial charge is 0.495 e. The Morgan fingerprint density at radius 2 is 2.00 bits per heavy atom. The van der Waals surface area contributed by atoms with Crippen LogP contribution >= 0.6 is 0 Å². The summed E-state index contributed by atoms with van der Waals surface area (Å²) in [5, 5.41) is 8.90. The normalized spacial score (nSPS) is 22.4. The van der Waals surface area contributed by atoms with Gasteiger partial charge in [-0.25, -0.2) is 0 Å². The molecular formula is C21H21N3O4. The highest BCUT2D eigenvalue weighted by Gasteiger charge is 2.53. The Labute approximate surface area is 162 Å². The van der Waals surface area contributed by atoms with Crippen LogP contribution in [0.15, 0.2) is 42.5 Å². The fraction of sp³-hybridized carbons (Fsp3) is 0.286. The number of ether oxygens (including phenoxy) is 1. The first kappa shape index (κ1) is 18.0. The summed E-state index contributed by atoms with van der Waals surface area (Å²) in [4.78, 5) is 37.1. The van der Waals surface area contributed by atoms with Crippen molar-refractivity contribution in [3.63, 3.8) is 0 Å². The van der Waals surface area contributed by atoms with Crippen LogP contribution in [0.3, 0.4) is 0 Å². The minimum atomic E-state index is -0.735. The second-order valence-corrected chi connectivity index (χ2v) is 7.17. The maximum Gasteiger partial charge on any atom is 0.247 e. The fourth-order valence-electron chi connectivity index (χ4n) is 3.96. The molecule has 0 bridgehead atoms. The first-order valence-electron chi connectivity index (χ1n) is 9.09. The molecule has 1 fully saturated rings. The van der Waals surface area contributed by atoms with Gasteiger partial charge in [-0.05, 0) is 43.2 Å². The van der Waals surface area contributed by atoms with Crippen molar-refractivity contribution < 1.29 is 19.1 Å². The third-order valence-corrected chi connectivity index (χ3v) is 5.50. The molecule has 2 heterocycles. The summed E-state index contributed by atoms with van der Waals surface area (Å²) in [5.41, 5.74) is 2.07. The highest BCUT2D eigenvalue weighted by molar-refractivity contribution is 6.04. The summed E-state index contributed by atoms with van der Waals surface area (Å²) in [6.45, 7) is 1.94. The molecule has 3 N–H and O–H groups in total. The molecule has 4 rings (SSSR count). The second-order valence-electron chi connectivity index (χ2n) is 7.17. The van der Waals surface area contributed by atoms with Gasteiger partial charge < -0.3 is 20.7 Å². The number of benzene rings is 2. The quantitative estimate of drug-likeness (QED) is 0.707. The van der Waals surface area contributed by atoms with E-state index in [-0.39, 0.29) is 17.6 Å². The predicted octanol–water partition coefficient (Wildman–Crippen LogP) is 2.09. The van der Waals surface area contributed by atoms with Gasteiger partial charge in [0, 0.05) is 17.8 Å². The SMILES string of the molecule is COc1cc(C(C)=O)ccc1NC(=O)C1CC2(CNc3ccccc32)C(=O)N1. The number of anilines is 2. The third-order valence-electron chi connectivity index (χ3n) is 5.50. The zero-order valence-corrected chi connectivity index (χ0v) is 15.7. The number of para-hydroxylation sites is 1. The van der Waals surface area contributed by atoms with Crippen molar-refractivity contribution in [3.05, 3.63) is 53.6 Å². The average Bonchev–Trinajstić information content (AvgIpc) is 3.24. The van der Waals surface area contributed by atoms with Gasteiger partial charge in [-0.3, -0.25) is 14.4 Å². The standard InChI is InChI=1S/C21H21N3O4/c1-12(25)13-7-8-16(18(9-13)28-2)23-19(26)17-10-21(20(27)24-17)11-22-15-6-4-3-5-14(15)21/h3-9,17,22H,10-11H2,1-2H3,(H,23,26)(H,24,27). The predicted molar refractivity (Wildman–Crippen MR) is 105 cm³/mol. The lowest BCUT2D eigenvalue weighted by Crippen LogP contribution is -2.39. The Morgan fingerprint density at radius 1 is 1.21 bits per heavy atom. The molecule has 2 atom stereocenters. The van der Waals surface area contributed by atoms with Gasteiger partial charge in [0.05, 0.1) is 18.2 Å². The Morgan fingerprint density at radius 3 is 2.75 bits per heavy atom. The van der Waals surface area contributed by atoms with Gasteiger partial charge in [0.2, 0.25) is 11.8 Å². The monoisotopic (exact) mass is 379 g/mol. The van der Waals surface area contributed by atoms with Gasteiger partial charge in [0.15, 0.2) is 5.78 Å². The van der Waals surface area contributed by atoms with Gasteiger partial charge in [0.25, 0.3) is 0 Å². The van der Waals surface area contributed by atoms with Crippen molar-refractivity contribution in [1.82, 2.24) is 5.32 Å². The van der Waals surface area contributed by atoms with Crippen LogP contribution in [0, 0.1) is 0 Å². The van der Waals surface area contributed by atoms with Gasteiger partial charge in [-0.1, -0.05) is 18.2 Å². The van der Waals surface area contributed by atoms with E-state index in [1.165, 1.54) is 14.0 Å². The first-order valence-corrected chi connectivity index (χ1v) is 9.09. The molecule has 7 nitrogen and oxygen atoms in total. The van der Waals surface area contributed by atoms with Gasteiger partial charge >= 0.3 is 0 Å². The molecule has 28 heavy (non-hydrogen) atoms. The summed E-state index contributed by atoms with van der Waals surface area (Å²) < 4.78 is 5.30. The molecule has 0 radical (unpaired) electrons.